The molecule has 3 N–H and O–H groups in total. The van der Waals surface area contributed by atoms with Crippen molar-refractivity contribution in [2.24, 2.45) is 0 Å². The zero-order valence-corrected chi connectivity index (χ0v) is 47.5. The van der Waals surface area contributed by atoms with E-state index in [1.165, 1.54) is 231 Å². The van der Waals surface area contributed by atoms with Gasteiger partial charge in [0.2, 0.25) is 5.91 Å². The SMILES string of the molecule is CCCCCCCCCCCCCC/C=C\CCCCCCCCCCCCCC(=O)NC(COP(=O)(O)OCC[N+](C)(C)C)C(O)/C=C/CC/C=C/CCCCCCCCCCCCCCCC. The fourth-order valence-electron chi connectivity index (χ4n) is 8.88. The van der Waals surface area contributed by atoms with Gasteiger partial charge < -0.3 is 19.8 Å². The van der Waals surface area contributed by atoms with E-state index in [-0.39, 0.29) is 19.1 Å². The summed E-state index contributed by atoms with van der Waals surface area (Å²) in [4.78, 5) is 23.3. The lowest BCUT2D eigenvalue weighted by atomic mass is 10.0. The Balaban J connectivity index is 4.19. The Morgan fingerprint density at radius 3 is 1.16 bits per heavy atom. The van der Waals surface area contributed by atoms with Crippen LogP contribution in [0, 0.1) is 0 Å². The number of nitrogens with zero attached hydrogens (tertiary/aromatic N) is 1. The summed E-state index contributed by atoms with van der Waals surface area (Å²) in [6.07, 6.45) is 66.9. The zero-order chi connectivity index (χ0) is 50.6. The molecule has 0 rings (SSSR count). The first-order chi connectivity index (χ1) is 33.5. The monoisotopic (exact) mass is 994 g/mol. The van der Waals surface area contributed by atoms with E-state index in [4.69, 9.17) is 9.05 Å². The number of hydrogen-bond acceptors (Lipinski definition) is 5. The van der Waals surface area contributed by atoms with Crippen LogP contribution in [0.3, 0.4) is 0 Å². The summed E-state index contributed by atoms with van der Waals surface area (Å²) < 4.78 is 23.7. The number of quaternary nitrogens is 1. The summed E-state index contributed by atoms with van der Waals surface area (Å²) in [7, 11) is 1.56. The van der Waals surface area contributed by atoms with Crippen molar-refractivity contribution >= 4 is 13.7 Å². The van der Waals surface area contributed by atoms with Crippen LogP contribution in [0.1, 0.15) is 290 Å². The summed E-state index contributed by atoms with van der Waals surface area (Å²) in [5, 5.41) is 13.9. The van der Waals surface area contributed by atoms with Crippen molar-refractivity contribution in [3.8, 4) is 0 Å². The molecule has 408 valence electrons. The van der Waals surface area contributed by atoms with Gasteiger partial charge in [0.25, 0.3) is 0 Å². The molecule has 3 unspecified atom stereocenters. The molecule has 0 aromatic carbocycles. The van der Waals surface area contributed by atoms with Gasteiger partial charge in [-0.2, -0.15) is 0 Å². The first kappa shape index (κ1) is 67.7. The van der Waals surface area contributed by atoms with Crippen molar-refractivity contribution in [1.29, 1.82) is 0 Å². The Labute approximate surface area is 429 Å². The average Bonchev–Trinajstić information content (AvgIpc) is 3.31. The van der Waals surface area contributed by atoms with Crippen LogP contribution >= 0.6 is 7.82 Å². The molecule has 3 atom stereocenters. The number of aliphatic hydroxyl groups excluding tert-OH is 1. The highest BCUT2D eigenvalue weighted by Crippen LogP contribution is 2.43. The average molecular weight is 995 g/mol. The number of carbonyl (C=O) groups is 1. The lowest BCUT2D eigenvalue weighted by molar-refractivity contribution is -0.870. The first-order valence-corrected chi connectivity index (χ1v) is 31.4. The van der Waals surface area contributed by atoms with Crippen LogP contribution in [0.5, 0.6) is 0 Å². The molecule has 9 heteroatoms. The predicted molar refractivity (Wildman–Crippen MR) is 300 cm³/mol. The molecule has 0 aromatic heterocycles. The fourth-order valence-corrected chi connectivity index (χ4v) is 9.61. The quantitative estimate of drug-likeness (QED) is 0.0243. The van der Waals surface area contributed by atoms with Gasteiger partial charge in [0.15, 0.2) is 0 Å². The highest BCUT2D eigenvalue weighted by molar-refractivity contribution is 7.47. The van der Waals surface area contributed by atoms with Crippen molar-refractivity contribution in [2.45, 2.75) is 302 Å². The van der Waals surface area contributed by atoms with Gasteiger partial charge in [-0.1, -0.05) is 262 Å². The molecule has 0 radical (unpaired) electrons. The number of hydrogen-bond donors (Lipinski definition) is 3. The fraction of sp³-hybridized carbons (Fsp3) is 0.883. The second-order valence-electron chi connectivity index (χ2n) is 21.7. The van der Waals surface area contributed by atoms with E-state index in [1.807, 2.05) is 27.2 Å². The number of phosphoric acid groups is 1. The van der Waals surface area contributed by atoms with Gasteiger partial charge in [0.05, 0.1) is 39.9 Å². The molecule has 0 aliphatic heterocycles. The van der Waals surface area contributed by atoms with Crippen LogP contribution in [0.2, 0.25) is 0 Å². The van der Waals surface area contributed by atoms with Gasteiger partial charge in [-0.25, -0.2) is 4.57 Å². The maximum Gasteiger partial charge on any atom is 0.472 e. The Kier molecular flexibility index (Phi) is 50.7. The van der Waals surface area contributed by atoms with Gasteiger partial charge in [0.1, 0.15) is 13.2 Å². The van der Waals surface area contributed by atoms with Crippen molar-refractivity contribution in [2.75, 3.05) is 40.9 Å². The third-order valence-electron chi connectivity index (χ3n) is 13.6. The molecule has 0 heterocycles. The summed E-state index contributed by atoms with van der Waals surface area (Å²) >= 11 is 0. The van der Waals surface area contributed by atoms with Crippen LogP contribution < -0.4 is 5.32 Å². The number of rotatable bonds is 55. The van der Waals surface area contributed by atoms with Gasteiger partial charge in [-0.3, -0.25) is 13.8 Å². The summed E-state index contributed by atoms with van der Waals surface area (Å²) in [6.45, 7) is 4.83. The van der Waals surface area contributed by atoms with Crippen molar-refractivity contribution in [3.63, 3.8) is 0 Å². The highest BCUT2D eigenvalue weighted by atomic mass is 31.2. The molecule has 0 aliphatic carbocycles. The molecule has 0 saturated heterocycles. The molecular weight excluding hydrogens is 876 g/mol. The molecule has 1 amide bonds. The van der Waals surface area contributed by atoms with Crippen molar-refractivity contribution in [1.82, 2.24) is 5.32 Å². The minimum Gasteiger partial charge on any atom is -0.387 e. The molecule has 0 saturated carbocycles. The zero-order valence-electron chi connectivity index (χ0n) is 46.6. The number of carbonyl (C=O) groups excluding carboxylic acids is 1. The smallest absolute Gasteiger partial charge is 0.387 e. The third-order valence-corrected chi connectivity index (χ3v) is 14.6. The lowest BCUT2D eigenvalue weighted by Gasteiger charge is -2.25. The van der Waals surface area contributed by atoms with Gasteiger partial charge >= 0.3 is 7.82 Å². The second kappa shape index (κ2) is 51.6. The topological polar surface area (TPSA) is 105 Å². The number of allylic oxidation sites excluding steroid dienone is 5. The van der Waals surface area contributed by atoms with E-state index >= 15 is 0 Å². The summed E-state index contributed by atoms with van der Waals surface area (Å²) in [6, 6.07) is -0.863. The van der Waals surface area contributed by atoms with Crippen molar-refractivity contribution < 1.29 is 32.9 Å². The van der Waals surface area contributed by atoms with Gasteiger partial charge in [-0.05, 0) is 57.8 Å². The molecule has 0 spiro atoms. The summed E-state index contributed by atoms with van der Waals surface area (Å²) in [5.41, 5.74) is 0. The predicted octanol–water partition coefficient (Wildman–Crippen LogP) is 18.2. The van der Waals surface area contributed by atoms with Crippen LogP contribution in [-0.2, 0) is 18.4 Å². The van der Waals surface area contributed by atoms with Crippen LogP contribution in [0.15, 0.2) is 36.5 Å². The van der Waals surface area contributed by atoms with E-state index in [1.54, 1.807) is 6.08 Å². The Morgan fingerprint density at radius 2 is 0.797 bits per heavy atom. The number of phosphoric ester groups is 1. The van der Waals surface area contributed by atoms with E-state index in [2.05, 4.69) is 43.5 Å². The Hall–Kier alpha value is -1.28. The van der Waals surface area contributed by atoms with Crippen LogP contribution in [0.25, 0.3) is 0 Å². The molecule has 69 heavy (non-hydrogen) atoms. The Morgan fingerprint density at radius 1 is 0.478 bits per heavy atom. The number of nitrogens with one attached hydrogen (secondary N) is 1. The molecule has 0 aliphatic rings. The molecule has 0 aromatic rings. The van der Waals surface area contributed by atoms with E-state index < -0.39 is 20.0 Å². The lowest BCUT2D eigenvalue weighted by Crippen LogP contribution is -2.45. The maximum absolute atomic E-state index is 13.0. The van der Waals surface area contributed by atoms with E-state index in [9.17, 15) is 19.4 Å². The minimum absolute atomic E-state index is 0.0569. The largest absolute Gasteiger partial charge is 0.472 e. The normalized spacial score (nSPS) is 14.1. The van der Waals surface area contributed by atoms with E-state index in [0.29, 0.717) is 17.4 Å². The number of likely N-dealkylation sites (N-methyl/N-ethyl adjacent to an activating group) is 1. The molecule has 0 bridgehead atoms. The van der Waals surface area contributed by atoms with E-state index in [0.717, 1.165) is 38.5 Å². The van der Waals surface area contributed by atoms with Crippen molar-refractivity contribution in [3.05, 3.63) is 36.5 Å². The number of unbranched alkanes of at least 4 members (excludes halogenated alkanes) is 38. The van der Waals surface area contributed by atoms with Crippen LogP contribution in [-0.4, -0.2) is 73.4 Å². The highest BCUT2D eigenvalue weighted by Gasteiger charge is 2.27. The molecule has 0 fully saturated rings. The minimum atomic E-state index is -4.35. The molecular formula is C60H118N2O6P+. The third kappa shape index (κ3) is 54.3. The number of amides is 1. The maximum atomic E-state index is 13.0. The van der Waals surface area contributed by atoms with Gasteiger partial charge in [0, 0.05) is 6.42 Å². The molecule has 8 nitrogen and oxygen atoms in total. The first-order valence-electron chi connectivity index (χ1n) is 29.9. The van der Waals surface area contributed by atoms with Crippen LogP contribution in [0.4, 0.5) is 0 Å². The van der Waals surface area contributed by atoms with Gasteiger partial charge in [-0.15, -0.1) is 0 Å². The summed E-state index contributed by atoms with van der Waals surface area (Å²) in [5.74, 6) is -0.184. The number of aliphatic hydroxyl groups is 1. The second-order valence-corrected chi connectivity index (χ2v) is 23.2. The standard InChI is InChI=1S/C60H117N2O6P/c1-6-8-10-12-14-16-18-20-22-24-26-28-29-30-31-32-33-34-36-38-40-42-44-46-48-50-52-54-60(64)61-58(57-68-69(65,66)67-56-55-62(3,4)5)59(63)53-51-49-47-45-43-41-39-37-35-27-25-23-21-19-17-15-13-11-9-7-2/h30-31,43,45,51,53,58-59,63H,6-29,32-42,44,46-50,52,54-57H2,1-5H3,(H-,61,64,65,66)/p+1/b31-30-,45-43+,53-51+. The Bertz CT molecular complexity index is 1220.